The first-order chi connectivity index (χ1) is 11.0. The van der Waals surface area contributed by atoms with Gasteiger partial charge in [-0.05, 0) is 39.0 Å². The molecule has 2 rings (SSSR count). The number of nitrogens with one attached hydrogen (secondary N) is 1. The minimum Gasteiger partial charge on any atom is -0.481 e. The van der Waals surface area contributed by atoms with Crippen molar-refractivity contribution >= 4 is 17.9 Å². The molecule has 2 fully saturated rings. The summed E-state index contributed by atoms with van der Waals surface area (Å²) < 4.78 is 0. The van der Waals surface area contributed by atoms with E-state index in [1.54, 1.807) is 4.90 Å². The number of rotatable bonds is 5. The van der Waals surface area contributed by atoms with E-state index in [1.807, 2.05) is 11.8 Å². The number of carboxylic acids is 1. The summed E-state index contributed by atoms with van der Waals surface area (Å²) in [6, 6.07) is -0.109. The first-order valence-corrected chi connectivity index (χ1v) is 8.53. The van der Waals surface area contributed by atoms with Gasteiger partial charge in [0.1, 0.15) is 0 Å². The third-order valence-electron chi connectivity index (χ3n) is 4.62. The van der Waals surface area contributed by atoms with Crippen LogP contribution in [0.5, 0.6) is 0 Å². The lowest BCUT2D eigenvalue weighted by Gasteiger charge is -2.35. The Balaban J connectivity index is 1.81. The fourth-order valence-electron chi connectivity index (χ4n) is 3.25. The van der Waals surface area contributed by atoms with Crippen molar-refractivity contribution in [3.63, 3.8) is 0 Å². The number of carbonyl (C=O) groups excluding carboxylic acids is 2. The second kappa shape index (κ2) is 8.17. The second-order valence-corrected chi connectivity index (χ2v) is 6.60. The molecule has 2 aliphatic rings. The topological polar surface area (TPSA) is 90.0 Å². The molecule has 0 aromatic rings. The minimum absolute atomic E-state index is 0.0473. The molecule has 0 aromatic carbocycles. The minimum atomic E-state index is -0.855. The quantitative estimate of drug-likeness (QED) is 0.797. The van der Waals surface area contributed by atoms with Gasteiger partial charge in [0, 0.05) is 38.6 Å². The van der Waals surface area contributed by atoms with E-state index in [9.17, 15) is 14.4 Å². The fourth-order valence-corrected chi connectivity index (χ4v) is 3.25. The van der Waals surface area contributed by atoms with Crippen LogP contribution in [-0.2, 0) is 9.59 Å². The van der Waals surface area contributed by atoms with E-state index in [0.29, 0.717) is 19.5 Å². The largest absolute Gasteiger partial charge is 0.481 e. The molecule has 3 amide bonds. The van der Waals surface area contributed by atoms with Crippen LogP contribution < -0.4 is 5.32 Å². The van der Waals surface area contributed by atoms with Crippen molar-refractivity contribution in [3.8, 4) is 0 Å². The van der Waals surface area contributed by atoms with Crippen LogP contribution >= 0.6 is 0 Å². The molecule has 0 spiro atoms. The molecule has 0 aromatic heterocycles. The van der Waals surface area contributed by atoms with Crippen molar-refractivity contribution in [2.24, 2.45) is 5.92 Å². The Morgan fingerprint density at radius 2 is 1.78 bits per heavy atom. The highest BCUT2D eigenvalue weighted by atomic mass is 16.4. The Hall–Kier alpha value is -1.79. The summed E-state index contributed by atoms with van der Waals surface area (Å²) in [6.07, 6.45) is 4.20. The average Bonchev–Trinajstić information content (AvgIpc) is 3.06. The molecule has 0 bridgehead atoms. The number of aliphatic carboxylic acids is 1. The molecular weight excluding hydrogens is 298 g/mol. The Bertz CT molecular complexity index is 449. The summed E-state index contributed by atoms with van der Waals surface area (Å²) in [5.41, 5.74) is 0. The average molecular weight is 325 g/mol. The summed E-state index contributed by atoms with van der Waals surface area (Å²) in [4.78, 5) is 39.0. The molecule has 2 aliphatic heterocycles. The lowest BCUT2D eigenvalue weighted by atomic mass is 9.96. The Labute approximate surface area is 137 Å². The second-order valence-electron chi connectivity index (χ2n) is 6.60. The molecule has 0 saturated carbocycles. The molecule has 7 nitrogen and oxygen atoms in total. The van der Waals surface area contributed by atoms with Crippen LogP contribution in [0.25, 0.3) is 0 Å². The SMILES string of the molecule is CC(CCC(=O)O)NC(=O)C1CCCN(C(=O)N2CCCC2)C1. The number of carbonyl (C=O) groups is 3. The van der Waals surface area contributed by atoms with E-state index < -0.39 is 5.97 Å². The van der Waals surface area contributed by atoms with Crippen LogP contribution in [0.4, 0.5) is 4.79 Å². The van der Waals surface area contributed by atoms with Crippen LogP contribution in [-0.4, -0.2) is 65.0 Å². The highest BCUT2D eigenvalue weighted by Gasteiger charge is 2.31. The van der Waals surface area contributed by atoms with Gasteiger partial charge in [0.15, 0.2) is 0 Å². The normalized spacial score (nSPS) is 22.7. The zero-order valence-corrected chi connectivity index (χ0v) is 13.8. The van der Waals surface area contributed by atoms with Gasteiger partial charge in [-0.3, -0.25) is 9.59 Å². The standard InChI is InChI=1S/C16H27N3O4/c1-12(6-7-14(20)21)17-15(22)13-5-4-10-19(11-13)16(23)18-8-2-3-9-18/h12-13H,2-11H2,1H3,(H,17,22)(H,20,21). The summed E-state index contributed by atoms with van der Waals surface area (Å²) >= 11 is 0. The first-order valence-electron chi connectivity index (χ1n) is 8.53. The Kier molecular flexibility index (Phi) is 6.24. The van der Waals surface area contributed by atoms with E-state index in [0.717, 1.165) is 38.8 Å². The number of hydrogen-bond acceptors (Lipinski definition) is 3. The summed E-state index contributed by atoms with van der Waals surface area (Å²) in [6.45, 7) is 4.63. The zero-order valence-electron chi connectivity index (χ0n) is 13.8. The van der Waals surface area contributed by atoms with E-state index >= 15 is 0 Å². The highest BCUT2D eigenvalue weighted by molar-refractivity contribution is 5.81. The maximum Gasteiger partial charge on any atom is 0.320 e. The van der Waals surface area contributed by atoms with Crippen molar-refractivity contribution in [2.75, 3.05) is 26.2 Å². The molecule has 0 radical (unpaired) electrons. The predicted octanol–water partition coefficient (Wildman–Crippen LogP) is 1.28. The van der Waals surface area contributed by atoms with Gasteiger partial charge in [-0.2, -0.15) is 0 Å². The highest BCUT2D eigenvalue weighted by Crippen LogP contribution is 2.20. The molecule has 2 unspecified atom stereocenters. The van der Waals surface area contributed by atoms with Crippen molar-refractivity contribution in [3.05, 3.63) is 0 Å². The number of nitrogens with zero attached hydrogens (tertiary/aromatic N) is 2. The van der Waals surface area contributed by atoms with Gasteiger partial charge < -0.3 is 20.2 Å². The number of carboxylic acid groups (broad SMARTS) is 1. The third-order valence-corrected chi connectivity index (χ3v) is 4.62. The number of likely N-dealkylation sites (tertiary alicyclic amines) is 2. The Morgan fingerprint density at radius 3 is 2.43 bits per heavy atom. The van der Waals surface area contributed by atoms with Crippen molar-refractivity contribution < 1.29 is 19.5 Å². The summed E-state index contributed by atoms with van der Waals surface area (Å²) in [5, 5.41) is 11.6. The smallest absolute Gasteiger partial charge is 0.320 e. The van der Waals surface area contributed by atoms with E-state index in [1.165, 1.54) is 0 Å². The number of hydrogen-bond donors (Lipinski definition) is 2. The molecule has 2 heterocycles. The lowest BCUT2D eigenvalue weighted by Crippen LogP contribution is -2.50. The van der Waals surface area contributed by atoms with E-state index in [-0.39, 0.29) is 30.3 Å². The van der Waals surface area contributed by atoms with Crippen LogP contribution in [0, 0.1) is 5.92 Å². The van der Waals surface area contributed by atoms with E-state index in [2.05, 4.69) is 5.32 Å². The number of piperidine rings is 1. The molecule has 2 saturated heterocycles. The molecule has 7 heteroatoms. The number of urea groups is 1. The lowest BCUT2D eigenvalue weighted by molar-refractivity contribution is -0.137. The van der Waals surface area contributed by atoms with Crippen LogP contribution in [0.1, 0.15) is 45.4 Å². The fraction of sp³-hybridized carbons (Fsp3) is 0.812. The molecule has 2 atom stereocenters. The molecule has 2 N–H and O–H groups in total. The van der Waals surface area contributed by atoms with Crippen molar-refractivity contribution in [2.45, 2.75) is 51.5 Å². The van der Waals surface area contributed by atoms with Gasteiger partial charge >= 0.3 is 12.0 Å². The summed E-state index contributed by atoms with van der Waals surface area (Å²) in [7, 11) is 0. The first kappa shape index (κ1) is 17.6. The van der Waals surface area contributed by atoms with Gasteiger partial charge in [-0.1, -0.05) is 0 Å². The maximum absolute atomic E-state index is 12.4. The predicted molar refractivity (Wildman–Crippen MR) is 85.0 cm³/mol. The van der Waals surface area contributed by atoms with Gasteiger partial charge in [-0.25, -0.2) is 4.79 Å². The van der Waals surface area contributed by atoms with Crippen molar-refractivity contribution in [1.29, 1.82) is 0 Å². The monoisotopic (exact) mass is 325 g/mol. The van der Waals surface area contributed by atoms with E-state index in [4.69, 9.17) is 5.11 Å². The third kappa shape index (κ3) is 5.11. The van der Waals surface area contributed by atoms with Gasteiger partial charge in [-0.15, -0.1) is 0 Å². The molecule has 0 aliphatic carbocycles. The Morgan fingerprint density at radius 1 is 1.13 bits per heavy atom. The molecule has 130 valence electrons. The molecular formula is C16H27N3O4. The number of amides is 3. The van der Waals surface area contributed by atoms with Crippen molar-refractivity contribution in [1.82, 2.24) is 15.1 Å². The van der Waals surface area contributed by atoms with Crippen LogP contribution in [0.3, 0.4) is 0 Å². The summed E-state index contributed by atoms with van der Waals surface area (Å²) in [5.74, 6) is -1.12. The maximum atomic E-state index is 12.4. The van der Waals surface area contributed by atoms with Gasteiger partial charge in [0.2, 0.25) is 5.91 Å². The van der Waals surface area contributed by atoms with Gasteiger partial charge in [0.25, 0.3) is 0 Å². The van der Waals surface area contributed by atoms with Gasteiger partial charge in [0.05, 0.1) is 5.92 Å². The molecule has 23 heavy (non-hydrogen) atoms. The van der Waals surface area contributed by atoms with Crippen LogP contribution in [0.2, 0.25) is 0 Å². The van der Waals surface area contributed by atoms with Crippen LogP contribution in [0.15, 0.2) is 0 Å². The zero-order chi connectivity index (χ0) is 16.8.